The molecule has 1 amide bonds. The lowest BCUT2D eigenvalue weighted by Gasteiger charge is -2.41. The standard InChI is InChI=1S/C24H24BrClN4O5S2/c1-37(33,34)14-16-12-28(7-8-29(16)24(32)35-13-15-5-3-2-4-6-15)22-17-11-18(26)19(25)21-20(17)30(9-10-36-21)23(31)27-22/h2-6,11,16H,7-10,12-14H2,1H3/t16-/m1/s1. The van der Waals surface area contributed by atoms with Gasteiger partial charge in [0.1, 0.15) is 22.3 Å². The average molecular weight is 628 g/mol. The van der Waals surface area contributed by atoms with Crippen molar-refractivity contribution < 1.29 is 17.9 Å². The fourth-order valence-electron chi connectivity index (χ4n) is 4.74. The third kappa shape index (κ3) is 5.47. The molecule has 1 atom stereocenters. The lowest BCUT2D eigenvalue weighted by molar-refractivity contribution is 0.0800. The van der Waals surface area contributed by atoms with Crippen LogP contribution in [0.15, 0.2) is 50.6 Å². The molecule has 1 saturated heterocycles. The van der Waals surface area contributed by atoms with Gasteiger partial charge < -0.3 is 14.5 Å². The van der Waals surface area contributed by atoms with Crippen molar-refractivity contribution >= 4 is 71.9 Å². The topological polar surface area (TPSA) is 102 Å². The second-order valence-corrected chi connectivity index (χ2v) is 13.5. The van der Waals surface area contributed by atoms with Crippen molar-refractivity contribution in [3.05, 3.63) is 61.9 Å². The average Bonchev–Trinajstić information content (AvgIpc) is 2.87. The van der Waals surface area contributed by atoms with Gasteiger partial charge >= 0.3 is 11.8 Å². The summed E-state index contributed by atoms with van der Waals surface area (Å²) < 4.78 is 32.5. The van der Waals surface area contributed by atoms with Crippen molar-refractivity contribution in [3.8, 4) is 0 Å². The van der Waals surface area contributed by atoms with Crippen LogP contribution in [0.5, 0.6) is 0 Å². The molecule has 2 aliphatic rings. The number of nitrogens with zero attached hydrogens (tertiary/aromatic N) is 4. The Kier molecular flexibility index (Phi) is 7.45. The molecule has 2 aromatic carbocycles. The Labute approximate surface area is 231 Å². The van der Waals surface area contributed by atoms with E-state index >= 15 is 0 Å². The Morgan fingerprint density at radius 2 is 2.00 bits per heavy atom. The Morgan fingerprint density at radius 1 is 1.24 bits per heavy atom. The fourth-order valence-corrected chi connectivity index (χ4v) is 7.70. The van der Waals surface area contributed by atoms with E-state index in [1.54, 1.807) is 22.4 Å². The maximum absolute atomic E-state index is 13.0. The number of carbonyl (C=O) groups excluding carboxylic acids is 1. The van der Waals surface area contributed by atoms with E-state index in [1.807, 2.05) is 35.2 Å². The Balaban J connectivity index is 1.47. The number of thioether (sulfide) groups is 1. The zero-order chi connectivity index (χ0) is 26.3. The highest BCUT2D eigenvalue weighted by molar-refractivity contribution is 9.10. The summed E-state index contributed by atoms with van der Waals surface area (Å²) in [6.45, 7) is 1.36. The lowest BCUT2D eigenvalue weighted by atomic mass is 10.1. The summed E-state index contributed by atoms with van der Waals surface area (Å²) in [4.78, 5) is 34.6. The van der Waals surface area contributed by atoms with Crippen LogP contribution in [0.2, 0.25) is 5.02 Å². The molecule has 5 rings (SSSR count). The number of halogens is 2. The van der Waals surface area contributed by atoms with E-state index in [0.29, 0.717) is 29.3 Å². The van der Waals surface area contributed by atoms with Crippen molar-refractivity contribution in [2.24, 2.45) is 0 Å². The highest BCUT2D eigenvalue weighted by atomic mass is 79.9. The summed E-state index contributed by atoms with van der Waals surface area (Å²) in [5.74, 6) is 0.916. The summed E-state index contributed by atoms with van der Waals surface area (Å²) in [6.07, 6.45) is 0.562. The van der Waals surface area contributed by atoms with E-state index in [2.05, 4.69) is 20.9 Å². The Hall–Kier alpha value is -2.28. The third-order valence-corrected chi connectivity index (χ3v) is 10.0. The fraction of sp³-hybridized carbons (Fsp3) is 0.375. The van der Waals surface area contributed by atoms with Crippen molar-refractivity contribution in [1.29, 1.82) is 0 Å². The molecule has 196 valence electrons. The molecule has 0 spiro atoms. The molecule has 3 heterocycles. The summed E-state index contributed by atoms with van der Waals surface area (Å²) in [7, 11) is -3.43. The van der Waals surface area contributed by atoms with Crippen LogP contribution in [-0.4, -0.2) is 72.4 Å². The van der Waals surface area contributed by atoms with Gasteiger partial charge in [-0.1, -0.05) is 41.9 Å². The largest absolute Gasteiger partial charge is 0.445 e. The third-order valence-electron chi connectivity index (χ3n) is 6.37. The van der Waals surface area contributed by atoms with E-state index < -0.39 is 22.0 Å². The van der Waals surface area contributed by atoms with Gasteiger partial charge in [-0.3, -0.25) is 4.57 Å². The van der Waals surface area contributed by atoms with Gasteiger partial charge in [-0.05, 0) is 27.6 Å². The van der Waals surface area contributed by atoms with E-state index in [1.165, 1.54) is 4.90 Å². The summed E-state index contributed by atoms with van der Waals surface area (Å²) >= 11 is 11.7. The van der Waals surface area contributed by atoms with Crippen molar-refractivity contribution in [1.82, 2.24) is 14.5 Å². The van der Waals surface area contributed by atoms with Crippen LogP contribution in [0.3, 0.4) is 0 Å². The van der Waals surface area contributed by atoms with Crippen LogP contribution in [0.1, 0.15) is 5.56 Å². The second-order valence-electron chi connectivity index (χ2n) is 9.04. The van der Waals surface area contributed by atoms with Crippen LogP contribution < -0.4 is 10.6 Å². The molecule has 1 aromatic heterocycles. The minimum Gasteiger partial charge on any atom is -0.445 e. The molecule has 0 radical (unpaired) electrons. The maximum Gasteiger partial charge on any atom is 0.410 e. The number of amides is 1. The number of aromatic nitrogens is 2. The van der Waals surface area contributed by atoms with Crippen LogP contribution in [0, 0.1) is 0 Å². The number of hydrogen-bond acceptors (Lipinski definition) is 8. The smallest absolute Gasteiger partial charge is 0.410 e. The first kappa shape index (κ1) is 26.3. The quantitative estimate of drug-likeness (QED) is 0.421. The van der Waals surface area contributed by atoms with Crippen LogP contribution >= 0.6 is 39.3 Å². The van der Waals surface area contributed by atoms with E-state index in [4.69, 9.17) is 16.3 Å². The zero-order valence-corrected chi connectivity index (χ0v) is 23.9. The molecule has 9 nitrogen and oxygen atoms in total. The highest BCUT2D eigenvalue weighted by Crippen LogP contribution is 2.43. The van der Waals surface area contributed by atoms with Crippen molar-refractivity contribution in [3.63, 3.8) is 0 Å². The van der Waals surface area contributed by atoms with Gasteiger partial charge in [0.15, 0.2) is 0 Å². The number of piperazine rings is 1. The predicted molar refractivity (Wildman–Crippen MR) is 148 cm³/mol. The van der Waals surface area contributed by atoms with Gasteiger partial charge in [-0.15, -0.1) is 11.8 Å². The molecule has 3 aromatic rings. The molecule has 1 fully saturated rings. The van der Waals surface area contributed by atoms with Crippen molar-refractivity contribution in [2.45, 2.75) is 24.1 Å². The van der Waals surface area contributed by atoms with Crippen molar-refractivity contribution in [2.75, 3.05) is 42.3 Å². The van der Waals surface area contributed by atoms with E-state index in [9.17, 15) is 18.0 Å². The number of carbonyl (C=O) groups is 1. The number of sulfone groups is 1. The normalized spacial score (nSPS) is 17.8. The van der Waals surface area contributed by atoms with Gasteiger partial charge in [0.05, 0.1) is 26.8 Å². The van der Waals surface area contributed by atoms with Gasteiger partial charge in [-0.25, -0.2) is 18.0 Å². The number of ether oxygens (including phenoxy) is 1. The number of benzene rings is 2. The minimum atomic E-state index is -3.43. The molecule has 13 heteroatoms. The Morgan fingerprint density at radius 3 is 2.73 bits per heavy atom. The predicted octanol–water partition coefficient (Wildman–Crippen LogP) is 3.79. The lowest BCUT2D eigenvalue weighted by Crippen LogP contribution is -2.58. The molecule has 0 unspecified atom stereocenters. The van der Waals surface area contributed by atoms with E-state index in [-0.39, 0.29) is 31.1 Å². The molecule has 0 aliphatic carbocycles. The number of hydrogen-bond donors (Lipinski definition) is 0. The SMILES string of the molecule is CS(=O)(=O)C[C@H]1CN(c2nc(=O)n3c4c(c(Br)c(Cl)cc24)SCC3)CCN1C(=O)OCc1ccccc1. The van der Waals surface area contributed by atoms with Gasteiger partial charge in [0, 0.05) is 48.5 Å². The van der Waals surface area contributed by atoms with Crippen LogP contribution in [-0.2, 0) is 27.7 Å². The second kappa shape index (κ2) is 10.5. The molecular formula is C24H24BrClN4O5S2. The first-order chi connectivity index (χ1) is 17.6. The number of aryl methyl sites for hydroxylation is 1. The molecule has 0 saturated carbocycles. The van der Waals surface area contributed by atoms with Crippen LogP contribution in [0.4, 0.5) is 10.6 Å². The van der Waals surface area contributed by atoms with Crippen LogP contribution in [0.25, 0.3) is 10.9 Å². The zero-order valence-electron chi connectivity index (χ0n) is 19.9. The summed E-state index contributed by atoms with van der Waals surface area (Å²) in [6, 6.07) is 10.4. The first-order valence-corrected chi connectivity index (χ1v) is 15.8. The summed E-state index contributed by atoms with van der Waals surface area (Å²) in [5, 5.41) is 1.22. The molecule has 0 N–H and O–H groups in total. The number of rotatable bonds is 5. The molecule has 0 bridgehead atoms. The first-order valence-electron chi connectivity index (χ1n) is 11.6. The maximum atomic E-state index is 13.0. The van der Waals surface area contributed by atoms with Gasteiger partial charge in [0.25, 0.3) is 0 Å². The molecular weight excluding hydrogens is 604 g/mol. The van der Waals surface area contributed by atoms with Gasteiger partial charge in [-0.2, -0.15) is 4.98 Å². The minimum absolute atomic E-state index is 0.0870. The summed E-state index contributed by atoms with van der Waals surface area (Å²) in [5.41, 5.74) is 1.22. The molecule has 2 aliphatic heterocycles. The van der Waals surface area contributed by atoms with E-state index in [0.717, 1.165) is 32.5 Å². The highest BCUT2D eigenvalue weighted by Gasteiger charge is 2.35. The number of anilines is 1. The Bertz CT molecular complexity index is 1530. The monoisotopic (exact) mass is 626 g/mol. The molecule has 37 heavy (non-hydrogen) atoms. The van der Waals surface area contributed by atoms with Gasteiger partial charge in [0.2, 0.25) is 0 Å².